The van der Waals surface area contributed by atoms with E-state index in [2.05, 4.69) is 30.9 Å². The number of hydrogen-bond donors (Lipinski definition) is 2. The molecule has 3 aliphatic rings. The van der Waals surface area contributed by atoms with Crippen molar-refractivity contribution in [1.29, 1.82) is 0 Å². The van der Waals surface area contributed by atoms with E-state index in [0.29, 0.717) is 35.6 Å². The van der Waals surface area contributed by atoms with Gasteiger partial charge in [0.1, 0.15) is 35.6 Å². The first kappa shape index (κ1) is 45.8. The van der Waals surface area contributed by atoms with Crippen LogP contribution in [0.3, 0.4) is 0 Å². The fraction of sp³-hybridized carbons (Fsp3) is 0.462. The summed E-state index contributed by atoms with van der Waals surface area (Å²) in [6.45, 7) is 12.4. The van der Waals surface area contributed by atoms with E-state index in [1.54, 1.807) is 36.1 Å². The van der Waals surface area contributed by atoms with Crippen LogP contribution in [0.1, 0.15) is 95.2 Å². The Morgan fingerprint density at radius 3 is 2.44 bits per heavy atom. The number of carbonyl (C=O) groups excluding carboxylic acids is 1. The Labute approximate surface area is 371 Å². The SMILES string of the molecule is C=CCO[C@@]12Oc3ccc(OCc4ccccc4F)cc3[C@H]3[C@H](CCCCO)[C@@H](CCCCO)C=C(C(=NOC(C)(C)C)C[C@@H]1N(Cc1cccc4ccccc14)C(=O)OCC)[C@H]32. The summed E-state index contributed by atoms with van der Waals surface area (Å²) >= 11 is 0. The molecule has 10 nitrogen and oxygen atoms in total. The van der Waals surface area contributed by atoms with Gasteiger partial charge in [0.05, 0.1) is 31.4 Å². The Hall–Kier alpha value is -5.23. The molecular formula is C52H63FN2O8. The largest absolute Gasteiger partial charge is 0.489 e. The highest BCUT2D eigenvalue weighted by molar-refractivity contribution is 6.03. The van der Waals surface area contributed by atoms with Crippen LogP contribution < -0.4 is 9.47 Å². The van der Waals surface area contributed by atoms with Gasteiger partial charge in [0.2, 0.25) is 5.79 Å². The fourth-order valence-electron chi connectivity index (χ4n) is 9.83. The van der Waals surface area contributed by atoms with Gasteiger partial charge >= 0.3 is 6.09 Å². The molecule has 0 bridgehead atoms. The van der Waals surface area contributed by atoms with Crippen molar-refractivity contribution in [2.75, 3.05) is 26.4 Å². The molecule has 4 aromatic rings. The van der Waals surface area contributed by atoms with Crippen LogP contribution in [0.15, 0.2) is 114 Å². The highest BCUT2D eigenvalue weighted by Crippen LogP contribution is 2.62. The minimum Gasteiger partial charge on any atom is -0.489 e. The number of amides is 1. The Bertz CT molecular complexity index is 2260. The lowest BCUT2D eigenvalue weighted by Crippen LogP contribution is -2.70. The number of nitrogens with zero attached hydrogens (tertiary/aromatic N) is 2. The average molecular weight is 863 g/mol. The molecule has 1 aliphatic heterocycles. The van der Waals surface area contributed by atoms with E-state index in [4.69, 9.17) is 28.9 Å². The molecule has 4 aromatic carbocycles. The molecule has 2 N–H and O–H groups in total. The number of rotatable bonds is 19. The number of oxime groups is 1. The molecule has 63 heavy (non-hydrogen) atoms. The van der Waals surface area contributed by atoms with Crippen molar-refractivity contribution >= 4 is 22.6 Å². The third-order valence-corrected chi connectivity index (χ3v) is 12.5. The number of unbranched alkanes of at least 4 members (excludes halogenated alkanes) is 2. The average Bonchev–Trinajstić information content (AvgIpc) is 3.27. The highest BCUT2D eigenvalue weighted by atomic mass is 19.1. The van der Waals surface area contributed by atoms with Crippen molar-refractivity contribution in [3.8, 4) is 11.5 Å². The lowest BCUT2D eigenvalue weighted by atomic mass is 9.55. The minimum atomic E-state index is -1.48. The maximum Gasteiger partial charge on any atom is 0.410 e. The molecular weight excluding hydrogens is 800 g/mol. The number of hydrogen-bond acceptors (Lipinski definition) is 9. The Morgan fingerprint density at radius 1 is 0.968 bits per heavy atom. The van der Waals surface area contributed by atoms with Crippen LogP contribution in [0, 0.1) is 23.6 Å². The first-order valence-corrected chi connectivity index (χ1v) is 22.5. The van der Waals surface area contributed by atoms with Crippen LogP contribution >= 0.6 is 0 Å². The number of allylic oxidation sites excluding steroid dienone is 1. The molecule has 1 saturated carbocycles. The lowest BCUT2D eigenvalue weighted by Gasteiger charge is -2.60. The third kappa shape index (κ3) is 10.1. The summed E-state index contributed by atoms with van der Waals surface area (Å²) in [5.41, 5.74) is 3.28. The van der Waals surface area contributed by atoms with Gasteiger partial charge in [-0.2, -0.15) is 0 Å². The zero-order chi connectivity index (χ0) is 44.6. The molecule has 0 aromatic heterocycles. The van der Waals surface area contributed by atoms with Gasteiger partial charge in [0.25, 0.3) is 0 Å². The van der Waals surface area contributed by atoms with Crippen molar-refractivity contribution in [2.45, 2.75) is 109 Å². The maximum atomic E-state index is 14.8. The molecule has 0 spiro atoms. The summed E-state index contributed by atoms with van der Waals surface area (Å²) < 4.78 is 41.6. The molecule has 0 saturated heterocycles. The molecule has 1 amide bonds. The molecule has 336 valence electrons. The Morgan fingerprint density at radius 2 is 1.70 bits per heavy atom. The van der Waals surface area contributed by atoms with E-state index in [9.17, 15) is 19.4 Å². The number of aliphatic hydroxyl groups is 2. The second-order valence-electron chi connectivity index (χ2n) is 17.8. The van der Waals surface area contributed by atoms with Crippen molar-refractivity contribution in [2.24, 2.45) is 22.9 Å². The van der Waals surface area contributed by atoms with Crippen LogP contribution in [-0.4, -0.2) is 70.8 Å². The Kier molecular flexibility index (Phi) is 14.9. The van der Waals surface area contributed by atoms with Crippen LogP contribution in [0.5, 0.6) is 11.5 Å². The summed E-state index contributed by atoms with van der Waals surface area (Å²) in [7, 11) is 0. The Balaban J connectivity index is 1.46. The molecule has 2 aliphatic carbocycles. The fourth-order valence-corrected chi connectivity index (χ4v) is 9.83. The number of carbonyl (C=O) groups is 1. The summed E-state index contributed by atoms with van der Waals surface area (Å²) in [4.78, 5) is 22.7. The summed E-state index contributed by atoms with van der Waals surface area (Å²) in [6.07, 6.45) is 8.20. The summed E-state index contributed by atoms with van der Waals surface area (Å²) in [6, 6.07) is 25.8. The summed E-state index contributed by atoms with van der Waals surface area (Å²) in [5, 5.41) is 27.0. The van der Waals surface area contributed by atoms with Crippen molar-refractivity contribution in [3.05, 3.63) is 132 Å². The third-order valence-electron chi connectivity index (χ3n) is 12.5. The highest BCUT2D eigenvalue weighted by Gasteiger charge is 2.65. The molecule has 6 atom stereocenters. The molecule has 11 heteroatoms. The van der Waals surface area contributed by atoms with Crippen molar-refractivity contribution in [1.82, 2.24) is 4.90 Å². The zero-order valence-corrected chi connectivity index (χ0v) is 37.1. The molecule has 0 unspecified atom stereocenters. The predicted molar refractivity (Wildman–Crippen MR) is 243 cm³/mol. The molecule has 1 heterocycles. The number of fused-ring (bicyclic) bond motifs is 3. The van der Waals surface area contributed by atoms with Crippen LogP contribution in [-0.2, 0) is 27.5 Å². The van der Waals surface area contributed by atoms with Gasteiger partial charge in [-0.1, -0.05) is 90.8 Å². The topological polar surface area (TPSA) is 119 Å². The number of halogens is 1. The van der Waals surface area contributed by atoms with Gasteiger partial charge in [-0.3, -0.25) is 4.90 Å². The van der Waals surface area contributed by atoms with Crippen molar-refractivity contribution in [3.63, 3.8) is 0 Å². The van der Waals surface area contributed by atoms with Gasteiger partial charge < -0.3 is 34.0 Å². The monoisotopic (exact) mass is 862 g/mol. The van der Waals surface area contributed by atoms with Crippen LogP contribution in [0.2, 0.25) is 0 Å². The van der Waals surface area contributed by atoms with Crippen LogP contribution in [0.25, 0.3) is 10.8 Å². The van der Waals surface area contributed by atoms with Gasteiger partial charge in [-0.15, -0.1) is 6.58 Å². The van der Waals surface area contributed by atoms with E-state index in [1.807, 2.05) is 63.2 Å². The molecule has 7 rings (SSSR count). The predicted octanol–water partition coefficient (Wildman–Crippen LogP) is 10.6. The first-order valence-electron chi connectivity index (χ1n) is 22.5. The number of benzene rings is 4. The van der Waals surface area contributed by atoms with E-state index in [-0.39, 0.29) is 69.6 Å². The molecule has 0 radical (unpaired) electrons. The van der Waals surface area contributed by atoms with E-state index >= 15 is 0 Å². The standard InChI is InChI=1S/C52H63FN2O8/c1-6-29-61-52-47(55(50(58)59-7-2)33-37-21-16-20-35-17-8-10-22-40(35)37)32-45(54-63-51(3,4)5)42-30-36(18-12-14-27-56)41(23-13-15-28-57)48(49(42)52)43-31-39(25-26-46(43)62-52)60-34-38-19-9-11-24-44(38)53/h6,8-11,16-17,19-22,24-26,30-31,36,41,47-49,56-57H,1,7,12-15,18,23,27-29,32-34H2,2-5H3/t36-,41+,47-,48+,49+,52+/m0/s1. The normalized spacial score (nSPS) is 23.3. The maximum absolute atomic E-state index is 14.8. The number of aliphatic hydroxyl groups excluding tert-OH is 2. The lowest BCUT2D eigenvalue weighted by molar-refractivity contribution is -0.256. The van der Waals surface area contributed by atoms with E-state index in [1.165, 1.54) is 6.07 Å². The first-order chi connectivity index (χ1) is 30.5. The second-order valence-corrected chi connectivity index (χ2v) is 17.8. The van der Waals surface area contributed by atoms with E-state index in [0.717, 1.165) is 53.2 Å². The van der Waals surface area contributed by atoms with Gasteiger partial charge in [-0.25, -0.2) is 9.18 Å². The van der Waals surface area contributed by atoms with Crippen LogP contribution in [0.4, 0.5) is 9.18 Å². The zero-order valence-electron chi connectivity index (χ0n) is 37.1. The second kappa shape index (κ2) is 20.5. The van der Waals surface area contributed by atoms with E-state index < -0.39 is 29.4 Å². The molecule has 1 fully saturated rings. The smallest absolute Gasteiger partial charge is 0.410 e. The quantitative estimate of drug-likeness (QED) is 0.0543. The van der Waals surface area contributed by atoms with Gasteiger partial charge in [0, 0.05) is 36.7 Å². The van der Waals surface area contributed by atoms with Gasteiger partial charge in [-0.05, 0) is 111 Å². The van der Waals surface area contributed by atoms with Crippen molar-refractivity contribution < 1.29 is 43.2 Å². The minimum absolute atomic E-state index is 0.0119. The summed E-state index contributed by atoms with van der Waals surface area (Å²) in [5.74, 6) is -1.40. The van der Waals surface area contributed by atoms with Gasteiger partial charge in [0.15, 0.2) is 0 Å². The number of ether oxygens (including phenoxy) is 4.